The van der Waals surface area contributed by atoms with Crippen LogP contribution in [0.2, 0.25) is 0 Å². The molecule has 3 rings (SSSR count). The molecule has 0 aromatic heterocycles. The Labute approximate surface area is 78.4 Å². The van der Waals surface area contributed by atoms with Gasteiger partial charge >= 0.3 is 0 Å². The molecule has 3 aliphatic rings. The minimum atomic E-state index is 0.139. The molecule has 13 heavy (non-hydrogen) atoms. The van der Waals surface area contributed by atoms with Gasteiger partial charge in [-0.2, -0.15) is 0 Å². The SMILES string of the molecule is CC1=CC(=O)NC23CCCC2CC13. The van der Waals surface area contributed by atoms with Crippen molar-refractivity contribution >= 4 is 5.91 Å². The van der Waals surface area contributed by atoms with Crippen LogP contribution >= 0.6 is 0 Å². The monoisotopic (exact) mass is 177 g/mol. The second-order valence-corrected chi connectivity index (χ2v) is 4.80. The van der Waals surface area contributed by atoms with Crippen LogP contribution in [0.15, 0.2) is 11.6 Å². The maximum absolute atomic E-state index is 11.4. The quantitative estimate of drug-likeness (QED) is 0.598. The lowest BCUT2D eigenvalue weighted by Crippen LogP contribution is -2.65. The van der Waals surface area contributed by atoms with Crippen molar-refractivity contribution in [1.82, 2.24) is 5.32 Å². The van der Waals surface area contributed by atoms with E-state index >= 15 is 0 Å². The Morgan fingerprint density at radius 3 is 3.23 bits per heavy atom. The first-order chi connectivity index (χ1) is 6.22. The van der Waals surface area contributed by atoms with Crippen LogP contribution in [-0.4, -0.2) is 11.4 Å². The van der Waals surface area contributed by atoms with E-state index in [2.05, 4.69) is 12.2 Å². The van der Waals surface area contributed by atoms with E-state index in [9.17, 15) is 4.79 Å². The van der Waals surface area contributed by atoms with Crippen molar-refractivity contribution in [2.45, 2.75) is 38.1 Å². The number of amides is 1. The third-order valence-electron chi connectivity index (χ3n) is 4.28. The maximum Gasteiger partial charge on any atom is 0.244 e. The van der Waals surface area contributed by atoms with Gasteiger partial charge in [-0.15, -0.1) is 0 Å². The number of hydrogen-bond acceptors (Lipinski definition) is 1. The lowest BCUT2D eigenvalue weighted by atomic mass is 9.56. The van der Waals surface area contributed by atoms with Gasteiger partial charge in [-0.05, 0) is 32.1 Å². The highest BCUT2D eigenvalue weighted by Crippen LogP contribution is 2.57. The van der Waals surface area contributed by atoms with Crippen LogP contribution < -0.4 is 5.32 Å². The third kappa shape index (κ3) is 0.767. The van der Waals surface area contributed by atoms with E-state index in [1.54, 1.807) is 6.08 Å². The van der Waals surface area contributed by atoms with Crippen LogP contribution in [0.25, 0.3) is 0 Å². The molecule has 1 spiro atoms. The zero-order chi connectivity index (χ0) is 9.05. The Kier molecular flexibility index (Phi) is 1.27. The minimum Gasteiger partial charge on any atom is -0.346 e. The van der Waals surface area contributed by atoms with Crippen LogP contribution in [0.1, 0.15) is 32.6 Å². The van der Waals surface area contributed by atoms with Crippen LogP contribution in [-0.2, 0) is 4.79 Å². The van der Waals surface area contributed by atoms with Gasteiger partial charge in [0, 0.05) is 17.5 Å². The van der Waals surface area contributed by atoms with Gasteiger partial charge < -0.3 is 5.32 Å². The second-order valence-electron chi connectivity index (χ2n) is 4.80. The van der Waals surface area contributed by atoms with E-state index in [-0.39, 0.29) is 11.4 Å². The molecule has 3 unspecified atom stereocenters. The zero-order valence-electron chi connectivity index (χ0n) is 7.97. The molecule has 2 nitrogen and oxygen atoms in total. The highest BCUT2D eigenvalue weighted by Gasteiger charge is 2.59. The molecule has 3 atom stereocenters. The van der Waals surface area contributed by atoms with Gasteiger partial charge in [0.2, 0.25) is 5.91 Å². The second kappa shape index (κ2) is 2.17. The summed E-state index contributed by atoms with van der Waals surface area (Å²) in [4.78, 5) is 11.4. The predicted octanol–water partition coefficient (Wildman–Crippen LogP) is 1.62. The Bertz CT molecular complexity index is 307. The first kappa shape index (κ1) is 7.60. The van der Waals surface area contributed by atoms with Gasteiger partial charge in [0.15, 0.2) is 0 Å². The Hall–Kier alpha value is -0.790. The number of carbonyl (C=O) groups excluding carboxylic acids is 1. The van der Waals surface area contributed by atoms with E-state index in [4.69, 9.17) is 0 Å². The lowest BCUT2D eigenvalue weighted by Gasteiger charge is -2.55. The molecule has 70 valence electrons. The summed E-state index contributed by atoms with van der Waals surface area (Å²) in [7, 11) is 0. The van der Waals surface area contributed by atoms with Crippen LogP contribution in [0.4, 0.5) is 0 Å². The fourth-order valence-electron chi connectivity index (χ4n) is 3.64. The molecule has 0 radical (unpaired) electrons. The number of rotatable bonds is 0. The van der Waals surface area contributed by atoms with Crippen molar-refractivity contribution in [2.75, 3.05) is 0 Å². The van der Waals surface area contributed by atoms with Gasteiger partial charge in [0.25, 0.3) is 0 Å². The first-order valence-corrected chi connectivity index (χ1v) is 5.23. The van der Waals surface area contributed by atoms with Gasteiger partial charge in [-0.25, -0.2) is 0 Å². The van der Waals surface area contributed by atoms with E-state index in [1.165, 1.54) is 31.3 Å². The summed E-state index contributed by atoms with van der Waals surface area (Å²) < 4.78 is 0. The van der Waals surface area contributed by atoms with Crippen molar-refractivity contribution in [2.24, 2.45) is 11.8 Å². The Morgan fingerprint density at radius 2 is 2.46 bits per heavy atom. The molecule has 1 N–H and O–H groups in total. The topological polar surface area (TPSA) is 29.1 Å². The largest absolute Gasteiger partial charge is 0.346 e. The highest BCUT2D eigenvalue weighted by molar-refractivity contribution is 5.90. The van der Waals surface area contributed by atoms with Crippen molar-refractivity contribution in [3.05, 3.63) is 11.6 Å². The van der Waals surface area contributed by atoms with E-state index in [0.29, 0.717) is 5.92 Å². The molecule has 1 amide bonds. The minimum absolute atomic E-state index is 0.139. The van der Waals surface area contributed by atoms with E-state index < -0.39 is 0 Å². The molecule has 0 bridgehead atoms. The van der Waals surface area contributed by atoms with Crippen LogP contribution in [0.3, 0.4) is 0 Å². The van der Waals surface area contributed by atoms with E-state index in [1.807, 2.05) is 0 Å². The molecule has 0 saturated heterocycles. The van der Waals surface area contributed by atoms with Gasteiger partial charge in [-0.3, -0.25) is 4.79 Å². The standard InChI is InChI=1S/C11H15NO/c1-7-5-10(13)12-11-4-2-3-8(11)6-9(7)11/h5,8-9H,2-4,6H2,1H3,(H,12,13). The molecule has 2 heteroatoms. The summed E-state index contributed by atoms with van der Waals surface area (Å²) in [6, 6.07) is 0. The zero-order valence-corrected chi connectivity index (χ0v) is 7.97. The molecule has 1 heterocycles. The molecule has 1 aliphatic heterocycles. The number of nitrogens with one attached hydrogen (secondary N) is 1. The predicted molar refractivity (Wildman–Crippen MR) is 50.1 cm³/mol. The molecule has 2 fully saturated rings. The first-order valence-electron chi connectivity index (χ1n) is 5.23. The highest BCUT2D eigenvalue weighted by atomic mass is 16.1. The lowest BCUT2D eigenvalue weighted by molar-refractivity contribution is -0.123. The molecule has 0 aromatic rings. The van der Waals surface area contributed by atoms with Crippen molar-refractivity contribution in [3.8, 4) is 0 Å². The van der Waals surface area contributed by atoms with Crippen LogP contribution in [0, 0.1) is 11.8 Å². The summed E-state index contributed by atoms with van der Waals surface area (Å²) in [5.41, 5.74) is 1.51. The summed E-state index contributed by atoms with van der Waals surface area (Å²) in [6.07, 6.45) is 6.92. The van der Waals surface area contributed by atoms with Crippen LogP contribution in [0.5, 0.6) is 0 Å². The van der Waals surface area contributed by atoms with Crippen molar-refractivity contribution in [3.63, 3.8) is 0 Å². The van der Waals surface area contributed by atoms with Gasteiger partial charge in [0.1, 0.15) is 0 Å². The summed E-state index contributed by atoms with van der Waals surface area (Å²) in [5, 5.41) is 3.21. The fourth-order valence-corrected chi connectivity index (χ4v) is 3.64. The summed E-state index contributed by atoms with van der Waals surface area (Å²) >= 11 is 0. The summed E-state index contributed by atoms with van der Waals surface area (Å²) in [5.74, 6) is 1.59. The number of hydrogen-bond donors (Lipinski definition) is 1. The molecule has 2 aliphatic carbocycles. The maximum atomic E-state index is 11.4. The van der Waals surface area contributed by atoms with Crippen molar-refractivity contribution in [1.29, 1.82) is 0 Å². The molecular weight excluding hydrogens is 162 g/mol. The molecule has 0 aromatic carbocycles. The molecular formula is C11H15NO. The fraction of sp³-hybridized carbons (Fsp3) is 0.727. The Morgan fingerprint density at radius 1 is 1.62 bits per heavy atom. The Balaban J connectivity index is 2.01. The normalized spacial score (nSPS) is 47.2. The van der Waals surface area contributed by atoms with Crippen molar-refractivity contribution < 1.29 is 4.79 Å². The van der Waals surface area contributed by atoms with Gasteiger partial charge in [0.05, 0.1) is 0 Å². The molecule has 2 saturated carbocycles. The smallest absolute Gasteiger partial charge is 0.244 e. The van der Waals surface area contributed by atoms with E-state index in [0.717, 1.165) is 5.92 Å². The average Bonchev–Trinajstić information content (AvgIpc) is 2.32. The third-order valence-corrected chi connectivity index (χ3v) is 4.28. The van der Waals surface area contributed by atoms with Gasteiger partial charge in [-0.1, -0.05) is 12.0 Å². The summed E-state index contributed by atoms with van der Waals surface area (Å²) in [6.45, 7) is 2.11. The average molecular weight is 177 g/mol. The number of carbonyl (C=O) groups is 1.